The van der Waals surface area contributed by atoms with Gasteiger partial charge in [-0.05, 0) is 47.0 Å². The lowest BCUT2D eigenvalue weighted by Crippen LogP contribution is -1.98. The number of hydrogen-bond acceptors (Lipinski definition) is 4. The van der Waals surface area contributed by atoms with E-state index in [1.807, 2.05) is 0 Å². The van der Waals surface area contributed by atoms with Crippen LogP contribution in [0.15, 0.2) is 53.2 Å². The Bertz CT molecular complexity index is 671. The zero-order chi connectivity index (χ0) is 14.5. The lowest BCUT2D eigenvalue weighted by atomic mass is 10.1. The van der Waals surface area contributed by atoms with Gasteiger partial charge in [0.15, 0.2) is 0 Å². The number of nitrogens with one attached hydrogen (secondary N) is 1. The van der Waals surface area contributed by atoms with Gasteiger partial charge in [0, 0.05) is 34.2 Å². The largest absolute Gasteiger partial charge is 0.396 e. The fourth-order valence-electron chi connectivity index (χ4n) is 2.15. The quantitative estimate of drug-likeness (QED) is 0.695. The van der Waals surface area contributed by atoms with E-state index in [0.29, 0.717) is 0 Å². The number of hydrogen-bond donors (Lipinski definition) is 2. The first-order valence-corrected chi connectivity index (χ1v) is 8.66. The fourth-order valence-corrected chi connectivity index (χ4v) is 3.77. The normalized spacial score (nSPS) is 10.7. The fraction of sp³-hybridized carbons (Fsp3) is 0.176. The summed E-state index contributed by atoms with van der Waals surface area (Å²) in [5.74, 6) is 0. The van der Waals surface area contributed by atoms with E-state index in [-0.39, 0.29) is 6.61 Å². The Kier molecular flexibility index (Phi) is 4.70. The maximum absolute atomic E-state index is 8.91. The van der Waals surface area contributed by atoms with E-state index in [0.717, 1.165) is 18.7 Å². The van der Waals surface area contributed by atoms with Crippen molar-refractivity contribution in [2.45, 2.75) is 13.0 Å². The molecule has 0 aliphatic carbocycles. The molecule has 2 heterocycles. The second kappa shape index (κ2) is 6.89. The van der Waals surface area contributed by atoms with Crippen LogP contribution in [0.3, 0.4) is 0 Å². The van der Waals surface area contributed by atoms with E-state index in [4.69, 9.17) is 5.11 Å². The summed E-state index contributed by atoms with van der Waals surface area (Å²) in [6.45, 7) is 1.04. The van der Waals surface area contributed by atoms with Crippen molar-refractivity contribution in [1.82, 2.24) is 0 Å². The molecule has 2 N–H and O–H groups in total. The molecule has 0 spiro atoms. The number of rotatable bonds is 6. The topological polar surface area (TPSA) is 32.3 Å². The first kappa shape index (κ1) is 14.3. The molecule has 0 saturated carbocycles. The van der Waals surface area contributed by atoms with Gasteiger partial charge in [-0.15, -0.1) is 22.7 Å². The third kappa shape index (κ3) is 3.73. The number of anilines is 1. The van der Waals surface area contributed by atoms with Gasteiger partial charge in [0.1, 0.15) is 0 Å². The van der Waals surface area contributed by atoms with Crippen LogP contribution in [-0.2, 0) is 13.0 Å². The molecule has 0 saturated heterocycles. The maximum atomic E-state index is 8.91. The third-order valence-electron chi connectivity index (χ3n) is 3.28. The number of aliphatic hydroxyl groups is 1. The van der Waals surface area contributed by atoms with Gasteiger partial charge in [-0.3, -0.25) is 0 Å². The van der Waals surface area contributed by atoms with Gasteiger partial charge in [-0.2, -0.15) is 0 Å². The van der Waals surface area contributed by atoms with Crippen molar-refractivity contribution in [2.75, 3.05) is 11.9 Å². The molecule has 0 radical (unpaired) electrons. The van der Waals surface area contributed by atoms with Crippen LogP contribution in [0.25, 0.3) is 10.4 Å². The second-order valence-electron chi connectivity index (χ2n) is 4.80. The van der Waals surface area contributed by atoms with Crippen LogP contribution in [0, 0.1) is 0 Å². The second-order valence-corrected chi connectivity index (χ2v) is 6.75. The van der Waals surface area contributed by atoms with E-state index < -0.39 is 0 Å². The molecule has 0 unspecified atom stereocenters. The molecule has 0 aliphatic rings. The Morgan fingerprint density at radius 2 is 1.90 bits per heavy atom. The van der Waals surface area contributed by atoms with E-state index in [1.165, 1.54) is 20.9 Å². The average Bonchev–Trinajstić information content (AvgIpc) is 3.18. The minimum Gasteiger partial charge on any atom is -0.396 e. The molecule has 108 valence electrons. The molecule has 0 amide bonds. The van der Waals surface area contributed by atoms with Gasteiger partial charge >= 0.3 is 0 Å². The Balaban J connectivity index is 1.60. The molecule has 0 fully saturated rings. The van der Waals surface area contributed by atoms with E-state index >= 15 is 0 Å². The molecule has 2 aromatic heterocycles. The highest BCUT2D eigenvalue weighted by molar-refractivity contribution is 7.14. The summed E-state index contributed by atoms with van der Waals surface area (Å²) >= 11 is 3.57. The molecule has 1 aromatic carbocycles. The summed E-state index contributed by atoms with van der Waals surface area (Å²) in [6, 6.07) is 14.8. The predicted octanol–water partition coefficient (Wildman–Crippen LogP) is 4.62. The molecular formula is C17H17NOS2. The Labute approximate surface area is 132 Å². The highest BCUT2D eigenvalue weighted by Gasteiger charge is 2.03. The monoisotopic (exact) mass is 315 g/mol. The van der Waals surface area contributed by atoms with Crippen LogP contribution < -0.4 is 5.32 Å². The van der Waals surface area contributed by atoms with Crippen molar-refractivity contribution in [2.24, 2.45) is 0 Å². The van der Waals surface area contributed by atoms with Gasteiger partial charge in [0.05, 0.1) is 0 Å². The first-order valence-electron chi connectivity index (χ1n) is 6.90. The van der Waals surface area contributed by atoms with Crippen LogP contribution in [0.5, 0.6) is 0 Å². The summed E-state index contributed by atoms with van der Waals surface area (Å²) in [6.07, 6.45) is 0.718. The number of aliphatic hydroxyl groups excluding tert-OH is 1. The Morgan fingerprint density at radius 3 is 2.62 bits per heavy atom. The van der Waals surface area contributed by atoms with Crippen molar-refractivity contribution in [3.8, 4) is 10.4 Å². The first-order chi connectivity index (χ1) is 10.3. The van der Waals surface area contributed by atoms with Crippen molar-refractivity contribution >= 4 is 28.4 Å². The molecule has 21 heavy (non-hydrogen) atoms. The van der Waals surface area contributed by atoms with Crippen LogP contribution in [0.2, 0.25) is 0 Å². The molecule has 0 atom stereocenters. The Hall–Kier alpha value is -1.62. The van der Waals surface area contributed by atoms with Crippen molar-refractivity contribution < 1.29 is 5.11 Å². The van der Waals surface area contributed by atoms with Crippen molar-refractivity contribution in [1.29, 1.82) is 0 Å². The van der Waals surface area contributed by atoms with E-state index in [9.17, 15) is 0 Å². The zero-order valence-corrected chi connectivity index (χ0v) is 13.2. The lowest BCUT2D eigenvalue weighted by Gasteiger charge is -2.05. The van der Waals surface area contributed by atoms with Crippen molar-refractivity contribution in [3.63, 3.8) is 0 Å². The highest BCUT2D eigenvalue weighted by Crippen LogP contribution is 2.29. The molecule has 0 aliphatic heterocycles. The van der Waals surface area contributed by atoms with Crippen LogP contribution in [0.4, 0.5) is 5.69 Å². The summed E-state index contributed by atoms with van der Waals surface area (Å²) in [4.78, 5) is 2.66. The SMILES string of the molecule is OCCc1ccc(NCc2cc(-c3cccs3)cs2)cc1. The summed E-state index contributed by atoms with van der Waals surface area (Å²) < 4.78 is 0. The standard InChI is InChI=1S/C17H17NOS2/c19-8-7-13-3-5-15(6-4-13)18-11-16-10-14(12-21-16)17-2-1-9-20-17/h1-6,9-10,12,18-19H,7-8,11H2. The minimum atomic E-state index is 0.202. The smallest absolute Gasteiger partial charge is 0.0494 e. The van der Waals surface area contributed by atoms with E-state index in [1.54, 1.807) is 22.7 Å². The third-order valence-corrected chi connectivity index (χ3v) is 5.14. The predicted molar refractivity (Wildman–Crippen MR) is 92.2 cm³/mol. The van der Waals surface area contributed by atoms with Gasteiger partial charge in [0.2, 0.25) is 0 Å². The molecule has 0 bridgehead atoms. The average molecular weight is 315 g/mol. The van der Waals surface area contributed by atoms with Crippen LogP contribution >= 0.6 is 22.7 Å². The summed E-state index contributed by atoms with van der Waals surface area (Å²) in [5.41, 5.74) is 3.59. The van der Waals surface area contributed by atoms with Crippen LogP contribution in [0.1, 0.15) is 10.4 Å². The lowest BCUT2D eigenvalue weighted by molar-refractivity contribution is 0.299. The summed E-state index contributed by atoms with van der Waals surface area (Å²) in [7, 11) is 0. The van der Waals surface area contributed by atoms with Gasteiger partial charge in [-0.25, -0.2) is 0 Å². The molecule has 2 nitrogen and oxygen atoms in total. The maximum Gasteiger partial charge on any atom is 0.0494 e. The van der Waals surface area contributed by atoms with Gasteiger partial charge < -0.3 is 10.4 Å². The number of benzene rings is 1. The molecular weight excluding hydrogens is 298 g/mol. The molecule has 3 rings (SSSR count). The minimum absolute atomic E-state index is 0.202. The van der Waals surface area contributed by atoms with Crippen molar-refractivity contribution in [3.05, 3.63) is 63.7 Å². The Morgan fingerprint density at radius 1 is 1.05 bits per heavy atom. The zero-order valence-electron chi connectivity index (χ0n) is 11.6. The number of thiophene rings is 2. The highest BCUT2D eigenvalue weighted by atomic mass is 32.1. The van der Waals surface area contributed by atoms with Gasteiger partial charge in [0.25, 0.3) is 0 Å². The molecule has 4 heteroatoms. The molecule has 3 aromatic rings. The van der Waals surface area contributed by atoms with Crippen LogP contribution in [-0.4, -0.2) is 11.7 Å². The van der Waals surface area contributed by atoms with Gasteiger partial charge in [-0.1, -0.05) is 18.2 Å². The van der Waals surface area contributed by atoms with E-state index in [2.05, 4.69) is 58.5 Å². The summed E-state index contributed by atoms with van der Waals surface area (Å²) in [5, 5.41) is 16.7.